The van der Waals surface area contributed by atoms with Crippen LogP contribution in [0.25, 0.3) is 5.69 Å². The van der Waals surface area contributed by atoms with Crippen LogP contribution in [0.2, 0.25) is 0 Å². The molecule has 0 bridgehead atoms. The number of imidazole rings is 1. The molecule has 0 saturated heterocycles. The van der Waals surface area contributed by atoms with Gasteiger partial charge < -0.3 is 14.8 Å². The molecular weight excluding hydrogens is 256 g/mol. The number of nitrogens with zero attached hydrogens (tertiary/aromatic N) is 2. The number of hydrogen-bond acceptors (Lipinski definition) is 4. The van der Waals surface area contributed by atoms with Crippen LogP contribution in [0.5, 0.6) is 11.5 Å². The molecule has 0 amide bonds. The summed E-state index contributed by atoms with van der Waals surface area (Å²) in [6, 6.07) is 4.59. The molecule has 1 aliphatic rings. The summed E-state index contributed by atoms with van der Waals surface area (Å²) in [5.74, 6) is 0.649. The van der Waals surface area contributed by atoms with Crippen LogP contribution in [0.1, 0.15) is 5.69 Å². The lowest BCUT2D eigenvalue weighted by atomic mass is 10.3. The number of fused-ring (bicyclic) bond motifs is 1. The maximum absolute atomic E-state index is 12.9. The van der Waals surface area contributed by atoms with Crippen molar-refractivity contribution in [1.29, 1.82) is 0 Å². The molecule has 0 fully saturated rings. The summed E-state index contributed by atoms with van der Waals surface area (Å²) >= 11 is 0. The Balaban J connectivity index is 2.04. The molecule has 0 saturated carbocycles. The zero-order valence-electron chi connectivity index (χ0n) is 10.3. The van der Waals surface area contributed by atoms with E-state index in [-0.39, 0.29) is 11.5 Å². The van der Waals surface area contributed by atoms with Gasteiger partial charge in [0.05, 0.1) is 11.4 Å². The van der Waals surface area contributed by atoms with E-state index in [0.717, 1.165) is 5.69 Å². The number of benzene rings is 1. The van der Waals surface area contributed by atoms with Crippen molar-refractivity contribution >= 4 is 5.95 Å². The van der Waals surface area contributed by atoms with Crippen molar-refractivity contribution in [1.82, 2.24) is 9.55 Å². The van der Waals surface area contributed by atoms with Crippen LogP contribution in [-0.4, -0.2) is 22.9 Å². The summed E-state index contributed by atoms with van der Waals surface area (Å²) in [5, 5.41) is 2.93. The molecule has 1 N–H and O–H groups in total. The van der Waals surface area contributed by atoms with E-state index in [1.165, 1.54) is 12.1 Å². The van der Waals surface area contributed by atoms with Gasteiger partial charge in [0, 0.05) is 19.3 Å². The molecule has 5 nitrogen and oxygen atoms in total. The van der Waals surface area contributed by atoms with Crippen molar-refractivity contribution in [3.63, 3.8) is 0 Å². The van der Waals surface area contributed by atoms with Crippen LogP contribution in [-0.2, 0) is 0 Å². The molecule has 7 heteroatoms. The molecule has 0 radical (unpaired) electrons. The highest BCUT2D eigenvalue weighted by atomic mass is 19.3. The minimum absolute atomic E-state index is 0.0101. The number of aromatic nitrogens is 2. The molecule has 0 spiro atoms. The Bertz CT molecular complexity index is 640. The van der Waals surface area contributed by atoms with E-state index in [1.54, 1.807) is 23.9 Å². The summed E-state index contributed by atoms with van der Waals surface area (Å²) < 4.78 is 36.4. The molecule has 1 aliphatic heterocycles. The number of ether oxygens (including phenoxy) is 2. The lowest BCUT2D eigenvalue weighted by molar-refractivity contribution is -0.286. The zero-order chi connectivity index (χ0) is 13.6. The first kappa shape index (κ1) is 11.8. The molecule has 2 heterocycles. The Morgan fingerprint density at radius 3 is 2.74 bits per heavy atom. The van der Waals surface area contributed by atoms with Crippen LogP contribution in [0, 0.1) is 6.92 Å². The fourth-order valence-corrected chi connectivity index (χ4v) is 1.96. The summed E-state index contributed by atoms with van der Waals surface area (Å²) in [5.41, 5.74) is 1.47. The Hall–Kier alpha value is -2.31. The zero-order valence-corrected chi connectivity index (χ0v) is 10.3. The minimum Gasteiger partial charge on any atom is -0.395 e. The first-order chi connectivity index (χ1) is 8.98. The summed E-state index contributed by atoms with van der Waals surface area (Å²) in [6.45, 7) is 1.85. The van der Waals surface area contributed by atoms with Gasteiger partial charge in [-0.05, 0) is 19.1 Å². The van der Waals surface area contributed by atoms with Gasteiger partial charge in [-0.2, -0.15) is 0 Å². The molecule has 0 atom stereocenters. The van der Waals surface area contributed by atoms with Gasteiger partial charge in [0.25, 0.3) is 0 Å². The number of hydrogen-bond donors (Lipinski definition) is 1. The molecule has 0 unspecified atom stereocenters. The van der Waals surface area contributed by atoms with Gasteiger partial charge in [-0.1, -0.05) is 0 Å². The quantitative estimate of drug-likeness (QED) is 0.908. The maximum Gasteiger partial charge on any atom is 0.586 e. The Kier molecular flexibility index (Phi) is 2.38. The van der Waals surface area contributed by atoms with Gasteiger partial charge in [-0.3, -0.25) is 4.57 Å². The molecule has 1 aromatic heterocycles. The first-order valence-corrected chi connectivity index (χ1v) is 5.62. The summed E-state index contributed by atoms with van der Waals surface area (Å²) in [7, 11) is 1.74. The molecular formula is C12H11F2N3O2. The second-order valence-electron chi connectivity index (χ2n) is 4.12. The van der Waals surface area contributed by atoms with Gasteiger partial charge in [-0.25, -0.2) is 4.98 Å². The predicted octanol–water partition coefficient (Wildman–Crippen LogP) is 2.54. The second-order valence-corrected chi connectivity index (χ2v) is 4.12. The van der Waals surface area contributed by atoms with Gasteiger partial charge in [0.1, 0.15) is 0 Å². The van der Waals surface area contributed by atoms with Crippen LogP contribution < -0.4 is 14.8 Å². The van der Waals surface area contributed by atoms with E-state index in [4.69, 9.17) is 0 Å². The first-order valence-electron chi connectivity index (χ1n) is 5.62. The van der Waals surface area contributed by atoms with E-state index in [1.807, 2.05) is 6.92 Å². The van der Waals surface area contributed by atoms with Crippen LogP contribution >= 0.6 is 0 Å². The van der Waals surface area contributed by atoms with Crippen molar-refractivity contribution in [3.05, 3.63) is 30.1 Å². The lowest BCUT2D eigenvalue weighted by Crippen LogP contribution is -2.25. The number of anilines is 1. The lowest BCUT2D eigenvalue weighted by Gasteiger charge is -2.07. The molecule has 2 aromatic rings. The third-order valence-electron chi connectivity index (χ3n) is 2.71. The number of nitrogens with one attached hydrogen (secondary N) is 1. The van der Waals surface area contributed by atoms with Crippen LogP contribution in [0.3, 0.4) is 0 Å². The van der Waals surface area contributed by atoms with Crippen LogP contribution in [0.15, 0.2) is 24.4 Å². The SMILES string of the molecule is CNc1nc(C)cn1-c1ccc2c(c1)OC(F)(F)O2. The van der Waals surface area contributed by atoms with E-state index < -0.39 is 6.29 Å². The summed E-state index contributed by atoms with van der Waals surface area (Å²) in [4.78, 5) is 4.26. The largest absolute Gasteiger partial charge is 0.586 e. The Morgan fingerprint density at radius 2 is 2.00 bits per heavy atom. The molecule has 0 aliphatic carbocycles. The molecule has 3 rings (SSSR count). The third kappa shape index (κ3) is 1.96. The highest BCUT2D eigenvalue weighted by Crippen LogP contribution is 2.42. The van der Waals surface area contributed by atoms with Gasteiger partial charge in [0.15, 0.2) is 11.5 Å². The van der Waals surface area contributed by atoms with Crippen molar-refractivity contribution in [2.45, 2.75) is 13.2 Å². The fraction of sp³-hybridized carbons (Fsp3) is 0.250. The van der Waals surface area contributed by atoms with E-state index in [9.17, 15) is 8.78 Å². The Labute approximate surface area is 107 Å². The van der Waals surface area contributed by atoms with Crippen molar-refractivity contribution in [2.24, 2.45) is 0 Å². The van der Waals surface area contributed by atoms with E-state index >= 15 is 0 Å². The molecule has 1 aromatic carbocycles. The minimum atomic E-state index is -3.60. The van der Waals surface area contributed by atoms with Crippen LogP contribution in [0.4, 0.5) is 14.7 Å². The van der Waals surface area contributed by atoms with Gasteiger partial charge in [-0.15, -0.1) is 8.78 Å². The monoisotopic (exact) mass is 267 g/mol. The highest BCUT2D eigenvalue weighted by molar-refractivity contribution is 5.53. The fourth-order valence-electron chi connectivity index (χ4n) is 1.96. The van der Waals surface area contributed by atoms with Crippen molar-refractivity contribution in [3.8, 4) is 17.2 Å². The Morgan fingerprint density at radius 1 is 1.26 bits per heavy atom. The maximum atomic E-state index is 12.9. The number of halogens is 2. The smallest absolute Gasteiger partial charge is 0.395 e. The standard InChI is InChI=1S/C12H11F2N3O2/c1-7-6-17(11(15-2)16-7)8-3-4-9-10(5-8)19-12(13,14)18-9/h3-6H,1-2H3,(H,15,16). The average Bonchev–Trinajstić information content (AvgIpc) is 2.85. The summed E-state index contributed by atoms with van der Waals surface area (Å²) in [6.07, 6.45) is -1.81. The van der Waals surface area contributed by atoms with Gasteiger partial charge >= 0.3 is 6.29 Å². The number of alkyl halides is 2. The topological polar surface area (TPSA) is 48.3 Å². The number of aryl methyl sites for hydroxylation is 1. The van der Waals surface area contributed by atoms with Crippen molar-refractivity contribution in [2.75, 3.05) is 12.4 Å². The number of rotatable bonds is 2. The highest BCUT2D eigenvalue weighted by Gasteiger charge is 2.43. The predicted molar refractivity (Wildman–Crippen MR) is 64.1 cm³/mol. The van der Waals surface area contributed by atoms with Gasteiger partial charge in [0.2, 0.25) is 5.95 Å². The van der Waals surface area contributed by atoms with E-state index in [2.05, 4.69) is 19.8 Å². The normalized spacial score (nSPS) is 15.6. The van der Waals surface area contributed by atoms with E-state index in [0.29, 0.717) is 11.6 Å². The molecule has 100 valence electrons. The second kappa shape index (κ2) is 3.84. The molecule has 19 heavy (non-hydrogen) atoms. The average molecular weight is 267 g/mol. The van der Waals surface area contributed by atoms with Crippen molar-refractivity contribution < 1.29 is 18.3 Å². The third-order valence-corrected chi connectivity index (χ3v) is 2.71.